The van der Waals surface area contributed by atoms with Gasteiger partial charge in [-0.2, -0.15) is 0 Å². The van der Waals surface area contributed by atoms with Crippen LogP contribution in [0, 0.1) is 0 Å². The fraction of sp³-hybridized carbons (Fsp3) is 0.235. The summed E-state index contributed by atoms with van der Waals surface area (Å²) in [5, 5.41) is 10.3. The number of halogens is 12. The molecule has 0 aliphatic heterocycles. The summed E-state index contributed by atoms with van der Waals surface area (Å²) in [5.74, 6) is -0.517. The molecule has 17 heteroatoms. The molecule has 0 saturated carbocycles. The number of nitrogens with zero attached hydrogens (tertiary/aromatic N) is 1. The number of phenols is 1. The van der Waals surface area contributed by atoms with Crippen molar-refractivity contribution in [3.63, 3.8) is 0 Å². The van der Waals surface area contributed by atoms with Crippen molar-refractivity contribution < 1.29 is 61.0 Å². The standard InChI is InChI=1S/C17H17F10NOS2.2ClH.Ti/c1-17(2,3)13-6-4-5-11(16(13)29)10-28-14-9-12(30(18,19,20,21)22)7-8-15(14)31(23,24,25,26)27;;;/h4-10,29H,1-3H3;2*1H;/q;;;+2/p-2. The first kappa shape index (κ1) is 31.2. The van der Waals surface area contributed by atoms with Gasteiger partial charge in [-0.25, -0.2) is 0 Å². The number of benzene rings is 2. The van der Waals surface area contributed by atoms with Crippen LogP contribution in [0.1, 0.15) is 31.9 Å². The summed E-state index contributed by atoms with van der Waals surface area (Å²) in [5.41, 5.74) is -2.79. The molecule has 2 aromatic rings. The number of rotatable bonds is 4. The number of phenolic OH excluding ortho intramolecular Hbond substituents is 1. The van der Waals surface area contributed by atoms with Crippen LogP contribution in [-0.2, 0) is 22.4 Å². The third kappa shape index (κ3) is 8.70. The normalized spacial score (nSPS) is 17.0. The molecule has 0 atom stereocenters. The molecular weight excluding hydrogens is 607 g/mol. The molecular formula is C17H17Cl2F10NOS2Ti. The Morgan fingerprint density at radius 1 is 0.853 bits per heavy atom. The van der Waals surface area contributed by atoms with Crippen LogP contribution in [0.4, 0.5) is 44.5 Å². The van der Waals surface area contributed by atoms with E-state index < -0.39 is 82.3 Å². The van der Waals surface area contributed by atoms with Crippen LogP contribution >= 0.6 is 39.1 Å². The Morgan fingerprint density at radius 3 is 1.76 bits per heavy atom. The second-order valence-corrected chi connectivity index (χ2v) is 15.3. The van der Waals surface area contributed by atoms with Crippen LogP contribution in [0.5, 0.6) is 5.75 Å². The van der Waals surface area contributed by atoms with Crippen LogP contribution in [0.15, 0.2) is 51.2 Å². The van der Waals surface area contributed by atoms with Crippen molar-refractivity contribution in [2.75, 3.05) is 0 Å². The van der Waals surface area contributed by atoms with E-state index in [1.54, 1.807) is 20.8 Å². The van der Waals surface area contributed by atoms with E-state index in [0.717, 1.165) is 6.07 Å². The van der Waals surface area contributed by atoms with E-state index in [9.17, 15) is 44.0 Å². The molecule has 2 nitrogen and oxygen atoms in total. The molecule has 2 aromatic carbocycles. The Hall–Kier alpha value is -0.796. The van der Waals surface area contributed by atoms with Gasteiger partial charge in [-0.1, -0.05) is 71.8 Å². The van der Waals surface area contributed by atoms with Gasteiger partial charge in [-0.3, -0.25) is 4.99 Å². The Kier molecular flexibility index (Phi) is 7.44. The predicted octanol–water partition coefficient (Wildman–Crippen LogP) is 11.1. The zero-order chi connectivity index (χ0) is 27.1. The molecule has 0 radical (unpaired) electrons. The van der Waals surface area contributed by atoms with E-state index in [1.165, 1.54) is 12.1 Å². The molecule has 0 spiro atoms. The number of hydrogen-bond acceptors (Lipinski definition) is 2. The predicted molar refractivity (Wildman–Crippen MR) is 115 cm³/mol. The van der Waals surface area contributed by atoms with Gasteiger partial charge in [-0.15, -0.1) is 0 Å². The molecule has 0 aromatic heterocycles. The average Bonchev–Trinajstić information content (AvgIpc) is 2.56. The topological polar surface area (TPSA) is 32.6 Å². The fourth-order valence-electron chi connectivity index (χ4n) is 2.57. The summed E-state index contributed by atoms with van der Waals surface area (Å²) in [4.78, 5) is -2.70. The average molecular weight is 624 g/mol. The van der Waals surface area contributed by atoms with Crippen LogP contribution in [0.2, 0.25) is 0 Å². The number of aliphatic imine (C=N–C) groups is 1. The first-order valence-corrected chi connectivity index (χ1v) is 16.8. The van der Waals surface area contributed by atoms with E-state index in [4.69, 9.17) is 18.6 Å². The maximum absolute atomic E-state index is 13.3. The molecule has 0 amide bonds. The monoisotopic (exact) mass is 623 g/mol. The quantitative estimate of drug-likeness (QED) is 0.205. The first-order chi connectivity index (χ1) is 14.6. The molecule has 34 heavy (non-hydrogen) atoms. The van der Waals surface area contributed by atoms with Gasteiger partial charge in [0.25, 0.3) is 0 Å². The van der Waals surface area contributed by atoms with Gasteiger partial charge in [0.15, 0.2) is 0 Å². The summed E-state index contributed by atoms with van der Waals surface area (Å²) < 4.78 is 131. The Bertz CT molecular complexity index is 1120. The zero-order valence-corrected chi connectivity index (χ0v) is 22.0. The van der Waals surface area contributed by atoms with Crippen molar-refractivity contribution in [2.24, 2.45) is 4.99 Å². The minimum atomic E-state index is -10.6. The molecule has 196 valence electrons. The Balaban J connectivity index is 0.00000182. The van der Waals surface area contributed by atoms with Crippen LogP contribution < -0.4 is 0 Å². The van der Waals surface area contributed by atoms with E-state index in [-0.39, 0.29) is 11.1 Å². The second-order valence-electron chi connectivity index (χ2n) is 7.89. The molecule has 0 unspecified atom stereocenters. The van der Waals surface area contributed by atoms with Crippen LogP contribution in [0.3, 0.4) is 0 Å². The number of aromatic hydroxyl groups is 1. The van der Waals surface area contributed by atoms with Crippen molar-refractivity contribution in [2.45, 2.75) is 36.0 Å². The Morgan fingerprint density at radius 2 is 1.35 bits per heavy atom. The second kappa shape index (κ2) is 8.10. The van der Waals surface area contributed by atoms with Crippen molar-refractivity contribution in [3.05, 3.63) is 47.5 Å². The first-order valence-electron chi connectivity index (χ1n) is 8.56. The number of hydrogen-bond donors (Lipinski definition) is 1. The summed E-state index contributed by atoms with van der Waals surface area (Å²) in [6.07, 6.45) is 0.391. The van der Waals surface area contributed by atoms with Crippen molar-refractivity contribution >= 4 is 51.0 Å². The van der Waals surface area contributed by atoms with Gasteiger partial charge in [0.1, 0.15) is 15.5 Å². The van der Waals surface area contributed by atoms with Gasteiger partial charge < -0.3 is 5.11 Å². The summed E-state index contributed by atoms with van der Waals surface area (Å²) in [7, 11) is -11.3. The summed E-state index contributed by atoms with van der Waals surface area (Å²) in [6.45, 7) is 4.98. The molecule has 1 N–H and O–H groups in total. The molecule has 0 aliphatic carbocycles. The number of para-hydroxylation sites is 1. The molecule has 0 aliphatic rings. The van der Waals surface area contributed by atoms with Crippen LogP contribution in [-0.4, -0.2) is 11.3 Å². The molecule has 0 bridgehead atoms. The minimum absolute atomic E-state index is 0.269. The molecule has 0 heterocycles. The van der Waals surface area contributed by atoms with Gasteiger partial charge >= 0.3 is 56.1 Å². The Labute approximate surface area is 205 Å². The molecule has 2 rings (SSSR count). The van der Waals surface area contributed by atoms with Gasteiger partial charge in [-0.05, 0) is 35.2 Å². The van der Waals surface area contributed by atoms with Crippen molar-refractivity contribution in [1.29, 1.82) is 0 Å². The summed E-state index contributed by atoms with van der Waals surface area (Å²) in [6, 6.07) is 1.57. The van der Waals surface area contributed by atoms with Crippen LogP contribution in [0.25, 0.3) is 0 Å². The molecule has 0 fully saturated rings. The third-order valence-corrected chi connectivity index (χ3v) is 6.33. The van der Waals surface area contributed by atoms with E-state index in [0.29, 0.717) is 6.21 Å². The van der Waals surface area contributed by atoms with E-state index in [1.807, 2.05) is 0 Å². The van der Waals surface area contributed by atoms with E-state index >= 15 is 0 Å². The van der Waals surface area contributed by atoms with Gasteiger partial charge in [0.05, 0.1) is 5.69 Å². The zero-order valence-electron chi connectivity index (χ0n) is 17.3. The maximum atomic E-state index is 13.3. The van der Waals surface area contributed by atoms with Gasteiger partial charge in [0.2, 0.25) is 0 Å². The SMILES string of the molecule is CC(C)(C)c1cccc(C=Nc2cc(S(F)(F)(F)(F)F)ccc2S(F)(F)(F)(F)F)c1O.[Cl][Ti][Cl]. The van der Waals surface area contributed by atoms with Gasteiger partial charge in [0, 0.05) is 11.8 Å². The van der Waals surface area contributed by atoms with Crippen molar-refractivity contribution in [3.8, 4) is 5.75 Å². The summed E-state index contributed by atoms with van der Waals surface area (Å²) >= 11 is -0.556. The third-order valence-electron chi connectivity index (χ3n) is 4.01. The van der Waals surface area contributed by atoms with E-state index in [2.05, 4.69) is 4.99 Å². The van der Waals surface area contributed by atoms with Crippen molar-refractivity contribution in [1.82, 2.24) is 0 Å². The molecule has 0 saturated heterocycles. The fourth-order valence-corrected chi connectivity index (χ4v) is 4.07.